The summed E-state index contributed by atoms with van der Waals surface area (Å²) in [4.78, 5) is 1.18. The van der Waals surface area contributed by atoms with Crippen molar-refractivity contribution in [2.24, 2.45) is 0 Å². The van der Waals surface area contributed by atoms with E-state index in [1.165, 1.54) is 11.0 Å². The summed E-state index contributed by atoms with van der Waals surface area (Å²) in [7, 11) is 0. The van der Waals surface area contributed by atoms with Gasteiger partial charge in [-0.2, -0.15) is 13.2 Å². The van der Waals surface area contributed by atoms with E-state index in [4.69, 9.17) is 5.11 Å². The van der Waals surface area contributed by atoms with Crippen molar-refractivity contribution in [2.45, 2.75) is 25.4 Å². The van der Waals surface area contributed by atoms with Gasteiger partial charge >= 0.3 is 6.18 Å². The van der Waals surface area contributed by atoms with Gasteiger partial charge in [0.15, 0.2) is 0 Å². The number of fused-ring (bicyclic) bond motifs is 1. The number of hydrogen-bond acceptors (Lipinski definition) is 2. The number of aryl methyl sites for hydroxylation is 1. The molecule has 0 amide bonds. The Balaban J connectivity index is 2.49. The standard InChI is InChI=1S/C14H16F3NO/c15-14(16,17)13-8-4-2-6-11-5-1-3-7-12(11)18(13)9-10-19/h1,3,5,7-8,19H,2,4,6,9-10H2/b13-8-. The minimum absolute atomic E-state index is 0.0532. The molecule has 0 spiro atoms. The summed E-state index contributed by atoms with van der Waals surface area (Å²) in [6.07, 6.45) is -1.33. The number of hydrogen-bond donors (Lipinski definition) is 1. The Morgan fingerprint density at radius 2 is 1.95 bits per heavy atom. The van der Waals surface area contributed by atoms with Gasteiger partial charge in [0.2, 0.25) is 0 Å². The highest BCUT2D eigenvalue weighted by Gasteiger charge is 2.38. The highest BCUT2D eigenvalue weighted by atomic mass is 19.4. The van der Waals surface area contributed by atoms with Gasteiger partial charge in [-0.3, -0.25) is 0 Å². The summed E-state index contributed by atoms with van der Waals surface area (Å²) in [5.41, 5.74) is 0.763. The lowest BCUT2D eigenvalue weighted by Gasteiger charge is -2.31. The average molecular weight is 271 g/mol. The molecule has 0 unspecified atom stereocenters. The lowest BCUT2D eigenvalue weighted by Crippen LogP contribution is -2.35. The average Bonchev–Trinajstić information content (AvgIpc) is 2.33. The Hall–Kier alpha value is -1.49. The summed E-state index contributed by atoms with van der Waals surface area (Å²) >= 11 is 0. The third kappa shape index (κ3) is 3.10. The molecule has 0 bridgehead atoms. The lowest BCUT2D eigenvalue weighted by molar-refractivity contribution is -0.0938. The SMILES string of the molecule is OCCN1/C(C(F)(F)F)=C\CCCc2ccccc21. The second-order valence-electron chi connectivity index (χ2n) is 4.48. The van der Waals surface area contributed by atoms with Crippen molar-refractivity contribution in [1.82, 2.24) is 0 Å². The summed E-state index contributed by atoms with van der Waals surface area (Å²) < 4.78 is 39.4. The van der Waals surface area contributed by atoms with E-state index in [2.05, 4.69) is 0 Å². The Morgan fingerprint density at radius 3 is 2.63 bits per heavy atom. The first-order valence-electron chi connectivity index (χ1n) is 6.27. The van der Waals surface area contributed by atoms with Gasteiger partial charge in [-0.15, -0.1) is 0 Å². The van der Waals surface area contributed by atoms with Crippen molar-refractivity contribution >= 4 is 5.69 Å². The Bertz CT molecular complexity index is 468. The first-order chi connectivity index (χ1) is 9.04. The predicted molar refractivity (Wildman–Crippen MR) is 67.9 cm³/mol. The molecule has 0 saturated carbocycles. The van der Waals surface area contributed by atoms with Crippen LogP contribution in [0.2, 0.25) is 0 Å². The van der Waals surface area contributed by atoms with Gasteiger partial charge in [-0.25, -0.2) is 0 Å². The number of allylic oxidation sites excluding steroid dienone is 2. The first-order valence-corrected chi connectivity index (χ1v) is 6.27. The maximum Gasteiger partial charge on any atom is 0.431 e. The van der Waals surface area contributed by atoms with Crippen molar-refractivity contribution in [3.05, 3.63) is 41.6 Å². The molecule has 1 aromatic carbocycles. The number of benzene rings is 1. The van der Waals surface area contributed by atoms with E-state index in [9.17, 15) is 13.2 Å². The van der Waals surface area contributed by atoms with E-state index >= 15 is 0 Å². The van der Waals surface area contributed by atoms with Crippen LogP contribution in [0.3, 0.4) is 0 Å². The van der Waals surface area contributed by atoms with E-state index in [-0.39, 0.29) is 13.2 Å². The van der Waals surface area contributed by atoms with Gasteiger partial charge in [0, 0.05) is 12.2 Å². The molecule has 1 heterocycles. The van der Waals surface area contributed by atoms with Gasteiger partial charge < -0.3 is 10.0 Å². The topological polar surface area (TPSA) is 23.5 Å². The van der Waals surface area contributed by atoms with Crippen molar-refractivity contribution in [2.75, 3.05) is 18.1 Å². The molecule has 0 atom stereocenters. The molecule has 104 valence electrons. The molecule has 1 aromatic rings. The number of aliphatic hydroxyl groups is 1. The van der Waals surface area contributed by atoms with Crippen LogP contribution in [0.1, 0.15) is 18.4 Å². The van der Waals surface area contributed by atoms with Crippen LogP contribution in [0.15, 0.2) is 36.0 Å². The maximum absolute atomic E-state index is 13.1. The number of β-amino-alcohol motifs (C(OH)–C–C–N with tert-alkyl or cyclic N) is 1. The summed E-state index contributed by atoms with van der Waals surface area (Å²) in [6, 6.07) is 7.07. The molecule has 0 aromatic heterocycles. The maximum atomic E-state index is 13.1. The fourth-order valence-electron chi connectivity index (χ4n) is 2.37. The monoisotopic (exact) mass is 271 g/mol. The largest absolute Gasteiger partial charge is 0.431 e. The summed E-state index contributed by atoms with van der Waals surface area (Å²) in [6.45, 7) is -0.371. The van der Waals surface area contributed by atoms with Crippen LogP contribution in [0, 0.1) is 0 Å². The second kappa shape index (κ2) is 5.65. The van der Waals surface area contributed by atoms with Crippen molar-refractivity contribution in [3.8, 4) is 0 Å². The van der Waals surface area contributed by atoms with Gasteiger partial charge in [-0.05, 0) is 30.9 Å². The minimum Gasteiger partial charge on any atom is -0.395 e. The highest BCUT2D eigenvalue weighted by Crippen LogP contribution is 2.36. The van der Waals surface area contributed by atoms with E-state index in [0.29, 0.717) is 18.5 Å². The Labute approximate surface area is 110 Å². The highest BCUT2D eigenvalue weighted by molar-refractivity contribution is 5.59. The summed E-state index contributed by atoms with van der Waals surface area (Å²) in [5.74, 6) is 0. The molecule has 1 aliphatic rings. The lowest BCUT2D eigenvalue weighted by atomic mass is 10.0. The number of anilines is 1. The molecular formula is C14H16F3NO. The van der Waals surface area contributed by atoms with Gasteiger partial charge in [0.25, 0.3) is 0 Å². The van der Waals surface area contributed by atoms with Crippen LogP contribution < -0.4 is 4.90 Å². The first kappa shape index (κ1) is 13.9. The van der Waals surface area contributed by atoms with Crippen LogP contribution in [-0.2, 0) is 6.42 Å². The van der Waals surface area contributed by atoms with Gasteiger partial charge in [-0.1, -0.05) is 24.3 Å². The van der Waals surface area contributed by atoms with Gasteiger partial charge in [0.05, 0.1) is 6.61 Å². The van der Waals surface area contributed by atoms with Crippen LogP contribution in [-0.4, -0.2) is 24.4 Å². The second-order valence-corrected chi connectivity index (χ2v) is 4.48. The fraction of sp³-hybridized carbons (Fsp3) is 0.429. The van der Waals surface area contributed by atoms with Crippen LogP contribution in [0.25, 0.3) is 0 Å². The predicted octanol–water partition coefficient (Wildman–Crippen LogP) is 3.27. The van der Waals surface area contributed by atoms with E-state index in [1.807, 2.05) is 12.1 Å². The van der Waals surface area contributed by atoms with E-state index in [0.717, 1.165) is 12.0 Å². The minimum atomic E-state index is -4.40. The van der Waals surface area contributed by atoms with Crippen molar-refractivity contribution in [1.29, 1.82) is 0 Å². The number of halogens is 3. The molecule has 2 rings (SSSR count). The smallest absolute Gasteiger partial charge is 0.395 e. The zero-order valence-electron chi connectivity index (χ0n) is 10.5. The number of nitrogens with zero attached hydrogens (tertiary/aromatic N) is 1. The van der Waals surface area contributed by atoms with Crippen molar-refractivity contribution < 1.29 is 18.3 Å². The molecule has 2 nitrogen and oxygen atoms in total. The zero-order valence-corrected chi connectivity index (χ0v) is 10.5. The molecule has 0 aliphatic carbocycles. The molecule has 5 heteroatoms. The number of alkyl halides is 3. The Kier molecular flexibility index (Phi) is 4.14. The van der Waals surface area contributed by atoms with Crippen LogP contribution in [0.4, 0.5) is 18.9 Å². The third-order valence-electron chi connectivity index (χ3n) is 3.18. The molecule has 0 radical (unpaired) electrons. The van der Waals surface area contributed by atoms with Crippen LogP contribution >= 0.6 is 0 Å². The summed E-state index contributed by atoms with van der Waals surface area (Å²) in [5, 5.41) is 9.05. The fourth-order valence-corrected chi connectivity index (χ4v) is 2.37. The number of rotatable bonds is 2. The molecule has 19 heavy (non-hydrogen) atoms. The van der Waals surface area contributed by atoms with Crippen molar-refractivity contribution in [3.63, 3.8) is 0 Å². The van der Waals surface area contributed by atoms with Gasteiger partial charge in [0.1, 0.15) is 5.70 Å². The molecular weight excluding hydrogens is 255 g/mol. The van der Waals surface area contributed by atoms with E-state index < -0.39 is 11.9 Å². The van der Waals surface area contributed by atoms with E-state index in [1.54, 1.807) is 12.1 Å². The third-order valence-corrected chi connectivity index (χ3v) is 3.18. The molecule has 0 saturated heterocycles. The zero-order chi connectivity index (χ0) is 13.9. The Morgan fingerprint density at radius 1 is 1.21 bits per heavy atom. The number of para-hydroxylation sites is 1. The molecule has 0 fully saturated rings. The molecule has 1 aliphatic heterocycles. The molecule has 1 N–H and O–H groups in total. The van der Waals surface area contributed by atoms with Crippen LogP contribution in [0.5, 0.6) is 0 Å². The normalized spacial score (nSPS) is 19.2. The quantitative estimate of drug-likeness (QED) is 0.892. The number of aliphatic hydroxyl groups excluding tert-OH is 1.